The van der Waals surface area contributed by atoms with E-state index in [4.69, 9.17) is 4.74 Å². The Hall–Kier alpha value is -4.72. The van der Waals surface area contributed by atoms with E-state index in [0.29, 0.717) is 57.1 Å². The molecule has 2 fully saturated rings. The van der Waals surface area contributed by atoms with Gasteiger partial charge in [-0.2, -0.15) is 13.2 Å². The van der Waals surface area contributed by atoms with Gasteiger partial charge in [-0.25, -0.2) is 18.6 Å². The maximum absolute atomic E-state index is 14.5. The number of nitrogens with zero attached hydrogens (tertiary/aromatic N) is 4. The lowest BCUT2D eigenvalue weighted by molar-refractivity contribution is -0.125. The standard InChI is InChI=1S/C35H37F5N6O3/c36-27-10-2-1-8-25(27)23-7-6-16-46(22-23)31-13-5-9-26(35(38,39)40)32(49-31)33(47)42-24-14-15-30(41-21-24)44-17-19-45(20-18-44)34(48)43-29-12-4-3-11-28(29)37/h1-4,8,10-12,14-15,21,23,31H,5-7,9,13,16-20,22H2,(H,42,47)(H,43,48). The van der Waals surface area contributed by atoms with E-state index < -0.39 is 41.5 Å². The first kappa shape index (κ1) is 34.2. The van der Waals surface area contributed by atoms with Crippen molar-refractivity contribution < 1.29 is 36.3 Å². The lowest BCUT2D eigenvalue weighted by Crippen LogP contribution is -2.50. The normalized spacial score (nSPS) is 20.8. The van der Waals surface area contributed by atoms with Crippen LogP contribution in [0.5, 0.6) is 0 Å². The molecule has 2 atom stereocenters. The van der Waals surface area contributed by atoms with E-state index in [-0.39, 0.29) is 42.4 Å². The second kappa shape index (κ2) is 14.8. The van der Waals surface area contributed by atoms with Crippen molar-refractivity contribution in [1.29, 1.82) is 0 Å². The highest BCUT2D eigenvalue weighted by Gasteiger charge is 2.42. The summed E-state index contributed by atoms with van der Waals surface area (Å²) in [5.74, 6) is -2.22. The molecule has 9 nitrogen and oxygen atoms in total. The maximum Gasteiger partial charge on any atom is 0.416 e. The number of nitrogens with one attached hydrogen (secondary N) is 2. The minimum Gasteiger partial charge on any atom is -0.469 e. The van der Waals surface area contributed by atoms with Gasteiger partial charge >= 0.3 is 12.2 Å². The number of piperazine rings is 1. The van der Waals surface area contributed by atoms with Crippen LogP contribution in [0.2, 0.25) is 0 Å². The summed E-state index contributed by atoms with van der Waals surface area (Å²) in [4.78, 5) is 35.8. The number of hydrogen-bond donors (Lipinski definition) is 2. The summed E-state index contributed by atoms with van der Waals surface area (Å²) < 4.78 is 77.0. The van der Waals surface area contributed by atoms with Gasteiger partial charge in [-0.1, -0.05) is 30.3 Å². The number of piperidine rings is 1. The minimum atomic E-state index is -4.77. The van der Waals surface area contributed by atoms with Gasteiger partial charge in [0.1, 0.15) is 17.5 Å². The second-order valence-electron chi connectivity index (χ2n) is 12.4. The number of likely N-dealkylation sites (tertiary alicyclic amines) is 1. The number of urea groups is 1. The van der Waals surface area contributed by atoms with Gasteiger partial charge in [-0.3, -0.25) is 9.69 Å². The van der Waals surface area contributed by atoms with Gasteiger partial charge in [-0.05, 0) is 73.9 Å². The Morgan fingerprint density at radius 2 is 1.57 bits per heavy atom. The molecule has 260 valence electrons. The molecule has 2 unspecified atom stereocenters. The van der Waals surface area contributed by atoms with E-state index in [0.717, 1.165) is 6.42 Å². The number of hydrogen-bond acceptors (Lipinski definition) is 6. The second-order valence-corrected chi connectivity index (χ2v) is 12.4. The number of allylic oxidation sites excluding steroid dienone is 1. The molecule has 6 rings (SSSR count). The van der Waals surface area contributed by atoms with E-state index in [9.17, 15) is 31.5 Å². The Balaban J connectivity index is 1.09. The predicted molar refractivity (Wildman–Crippen MR) is 174 cm³/mol. The highest BCUT2D eigenvalue weighted by Crippen LogP contribution is 2.38. The summed E-state index contributed by atoms with van der Waals surface area (Å²) in [5, 5.41) is 5.10. The highest BCUT2D eigenvalue weighted by atomic mass is 19.4. The number of pyridine rings is 1. The van der Waals surface area contributed by atoms with Gasteiger partial charge in [0.2, 0.25) is 0 Å². The number of alkyl halides is 3. The molecule has 2 saturated heterocycles. The lowest BCUT2D eigenvalue weighted by atomic mass is 9.90. The first-order chi connectivity index (χ1) is 23.6. The molecule has 0 spiro atoms. The Labute approximate surface area is 280 Å². The quantitative estimate of drug-likeness (QED) is 0.276. The number of anilines is 3. The third-order valence-corrected chi connectivity index (χ3v) is 9.17. The zero-order valence-corrected chi connectivity index (χ0v) is 26.7. The van der Waals surface area contributed by atoms with E-state index in [1.165, 1.54) is 30.5 Å². The van der Waals surface area contributed by atoms with E-state index in [1.54, 1.807) is 41.3 Å². The Morgan fingerprint density at radius 3 is 2.27 bits per heavy atom. The molecular formula is C35H37F5N6O3. The van der Waals surface area contributed by atoms with Crippen LogP contribution >= 0.6 is 0 Å². The van der Waals surface area contributed by atoms with Crippen LogP contribution in [-0.4, -0.2) is 78.4 Å². The zero-order valence-electron chi connectivity index (χ0n) is 26.7. The molecule has 3 aliphatic rings. The fraction of sp³-hybridized carbons (Fsp3) is 0.400. The Morgan fingerprint density at radius 1 is 0.837 bits per heavy atom. The van der Waals surface area contributed by atoms with Gasteiger partial charge in [-0.15, -0.1) is 0 Å². The Kier molecular flexibility index (Phi) is 10.3. The van der Waals surface area contributed by atoms with Crippen molar-refractivity contribution in [2.45, 2.75) is 50.4 Å². The van der Waals surface area contributed by atoms with Crippen molar-refractivity contribution in [3.05, 3.63) is 95.4 Å². The maximum atomic E-state index is 14.5. The molecule has 4 heterocycles. The van der Waals surface area contributed by atoms with E-state index in [1.807, 2.05) is 9.80 Å². The number of rotatable bonds is 6. The molecule has 49 heavy (non-hydrogen) atoms. The predicted octanol–water partition coefficient (Wildman–Crippen LogP) is 6.88. The van der Waals surface area contributed by atoms with Crippen LogP contribution in [0.3, 0.4) is 0 Å². The average Bonchev–Trinajstić information content (AvgIpc) is 3.34. The summed E-state index contributed by atoms with van der Waals surface area (Å²) in [6, 6.07) is 15.2. The van der Waals surface area contributed by atoms with Crippen molar-refractivity contribution in [3.63, 3.8) is 0 Å². The topological polar surface area (TPSA) is 90.0 Å². The Bertz CT molecular complexity index is 1680. The van der Waals surface area contributed by atoms with Crippen molar-refractivity contribution in [2.24, 2.45) is 0 Å². The summed E-state index contributed by atoms with van der Waals surface area (Å²) in [6.07, 6.45) is -2.64. The average molecular weight is 685 g/mol. The van der Waals surface area contributed by atoms with E-state index in [2.05, 4.69) is 15.6 Å². The summed E-state index contributed by atoms with van der Waals surface area (Å²) >= 11 is 0. The van der Waals surface area contributed by atoms with Gasteiger partial charge in [0, 0.05) is 39.3 Å². The molecule has 3 amide bonds. The number of carbonyl (C=O) groups is 2. The van der Waals surface area contributed by atoms with Crippen molar-refractivity contribution in [3.8, 4) is 0 Å². The zero-order chi connectivity index (χ0) is 34.5. The molecule has 0 aliphatic carbocycles. The molecule has 3 aliphatic heterocycles. The fourth-order valence-corrected chi connectivity index (χ4v) is 6.61. The van der Waals surface area contributed by atoms with E-state index >= 15 is 0 Å². The van der Waals surface area contributed by atoms with Crippen LogP contribution in [0.1, 0.15) is 43.6 Å². The van der Waals surface area contributed by atoms with Crippen LogP contribution < -0.4 is 15.5 Å². The van der Waals surface area contributed by atoms with Crippen molar-refractivity contribution >= 4 is 29.1 Å². The molecule has 3 aromatic rings. The minimum absolute atomic E-state index is 0.0944. The number of para-hydroxylation sites is 1. The summed E-state index contributed by atoms with van der Waals surface area (Å²) in [5.41, 5.74) is -0.172. The smallest absolute Gasteiger partial charge is 0.416 e. The summed E-state index contributed by atoms with van der Waals surface area (Å²) in [6.45, 7) is 2.54. The molecule has 2 aromatic carbocycles. The van der Waals surface area contributed by atoms with Crippen LogP contribution in [0.25, 0.3) is 0 Å². The SMILES string of the molecule is O=C(Nc1ccc(N2CCN(C(=O)Nc3ccccc3F)CC2)nc1)C1=C(C(F)(F)F)CCCC(N2CCCC(c3ccccc3F)C2)O1. The van der Waals surface area contributed by atoms with Crippen LogP contribution in [-0.2, 0) is 9.53 Å². The first-order valence-corrected chi connectivity index (χ1v) is 16.3. The number of benzene rings is 2. The highest BCUT2D eigenvalue weighted by molar-refractivity contribution is 6.03. The number of carbonyl (C=O) groups excluding carboxylic acids is 2. The van der Waals surface area contributed by atoms with Gasteiger partial charge in [0.25, 0.3) is 5.91 Å². The third kappa shape index (κ3) is 8.12. The van der Waals surface area contributed by atoms with Gasteiger partial charge in [0.15, 0.2) is 12.0 Å². The largest absolute Gasteiger partial charge is 0.469 e. The van der Waals surface area contributed by atoms with Crippen LogP contribution in [0, 0.1) is 11.6 Å². The number of halogens is 5. The van der Waals surface area contributed by atoms with Crippen molar-refractivity contribution in [2.75, 3.05) is 54.8 Å². The number of aromatic nitrogens is 1. The van der Waals surface area contributed by atoms with Crippen LogP contribution in [0.4, 0.5) is 43.9 Å². The monoisotopic (exact) mass is 684 g/mol. The molecular weight excluding hydrogens is 647 g/mol. The molecule has 2 N–H and O–H groups in total. The fourth-order valence-electron chi connectivity index (χ4n) is 6.61. The van der Waals surface area contributed by atoms with Crippen molar-refractivity contribution in [1.82, 2.24) is 14.8 Å². The van der Waals surface area contributed by atoms with Gasteiger partial charge in [0.05, 0.1) is 23.1 Å². The third-order valence-electron chi connectivity index (χ3n) is 9.17. The summed E-state index contributed by atoms with van der Waals surface area (Å²) in [7, 11) is 0. The molecule has 0 bridgehead atoms. The number of ether oxygens (including phenoxy) is 1. The molecule has 0 saturated carbocycles. The molecule has 14 heteroatoms. The number of amides is 3. The van der Waals surface area contributed by atoms with Gasteiger partial charge < -0.3 is 25.2 Å². The van der Waals surface area contributed by atoms with Crippen LogP contribution in [0.15, 0.2) is 78.2 Å². The first-order valence-electron chi connectivity index (χ1n) is 16.3. The molecule has 0 radical (unpaired) electrons. The molecule has 1 aromatic heterocycles. The lowest BCUT2D eigenvalue weighted by Gasteiger charge is -2.38.